The third-order valence-corrected chi connectivity index (χ3v) is 2.47. The van der Waals surface area contributed by atoms with Crippen molar-refractivity contribution in [2.24, 2.45) is 13.0 Å². The van der Waals surface area contributed by atoms with Crippen LogP contribution in [0.2, 0.25) is 0 Å². The zero-order valence-corrected chi connectivity index (χ0v) is 11.3. The standard InChI is InChI=1S/C13H19N3O3/c1-9(2)6-11(13(18)19)15-12(17)5-4-10-7-14-16(3)8-10/h4-5,7-9,11H,6H2,1-3H3,(H,15,17)(H,18,19)/b5-4+/t11-/m0/s1. The molecule has 0 saturated heterocycles. The molecule has 0 aliphatic heterocycles. The Balaban J connectivity index is 2.57. The summed E-state index contributed by atoms with van der Waals surface area (Å²) in [5, 5.41) is 15.4. The Morgan fingerprint density at radius 1 is 1.53 bits per heavy atom. The first kappa shape index (κ1) is 14.9. The van der Waals surface area contributed by atoms with Crippen LogP contribution in [0.4, 0.5) is 0 Å². The number of hydrogen-bond donors (Lipinski definition) is 2. The van der Waals surface area contributed by atoms with E-state index in [9.17, 15) is 9.59 Å². The van der Waals surface area contributed by atoms with Crippen molar-refractivity contribution in [3.05, 3.63) is 24.0 Å². The molecule has 1 aromatic rings. The van der Waals surface area contributed by atoms with Gasteiger partial charge in [-0.15, -0.1) is 0 Å². The third kappa shape index (κ3) is 5.37. The van der Waals surface area contributed by atoms with Crippen LogP contribution >= 0.6 is 0 Å². The van der Waals surface area contributed by atoms with Crippen LogP contribution in [0, 0.1) is 5.92 Å². The second kappa shape index (κ2) is 6.72. The highest BCUT2D eigenvalue weighted by Crippen LogP contribution is 2.05. The van der Waals surface area contributed by atoms with Crippen LogP contribution in [0.5, 0.6) is 0 Å². The summed E-state index contributed by atoms with van der Waals surface area (Å²) >= 11 is 0. The van der Waals surface area contributed by atoms with Crippen LogP contribution in [-0.4, -0.2) is 32.8 Å². The predicted molar refractivity (Wildman–Crippen MR) is 71.3 cm³/mol. The molecular formula is C13H19N3O3. The number of nitrogens with zero attached hydrogens (tertiary/aromatic N) is 2. The van der Waals surface area contributed by atoms with E-state index in [1.54, 1.807) is 30.2 Å². The number of carboxylic acid groups (broad SMARTS) is 1. The molecule has 0 bridgehead atoms. The van der Waals surface area contributed by atoms with E-state index in [1.165, 1.54) is 6.08 Å². The quantitative estimate of drug-likeness (QED) is 0.753. The largest absolute Gasteiger partial charge is 0.480 e. The number of carbonyl (C=O) groups excluding carboxylic acids is 1. The van der Waals surface area contributed by atoms with Crippen molar-refractivity contribution in [2.45, 2.75) is 26.3 Å². The topological polar surface area (TPSA) is 84.2 Å². The van der Waals surface area contributed by atoms with Crippen LogP contribution in [0.15, 0.2) is 18.5 Å². The Kier molecular flexibility index (Phi) is 5.29. The second-order valence-corrected chi connectivity index (χ2v) is 4.81. The fraction of sp³-hybridized carbons (Fsp3) is 0.462. The maximum Gasteiger partial charge on any atom is 0.326 e. The van der Waals surface area contributed by atoms with E-state index < -0.39 is 17.9 Å². The first-order chi connectivity index (χ1) is 8.88. The molecule has 1 atom stereocenters. The SMILES string of the molecule is CC(C)C[C@H](NC(=O)/C=C/c1cnn(C)c1)C(=O)O. The minimum absolute atomic E-state index is 0.198. The van der Waals surface area contributed by atoms with Crippen LogP contribution in [0.1, 0.15) is 25.8 Å². The van der Waals surface area contributed by atoms with Crippen LogP contribution in [0.3, 0.4) is 0 Å². The lowest BCUT2D eigenvalue weighted by Gasteiger charge is -2.15. The van der Waals surface area contributed by atoms with Crippen molar-refractivity contribution in [2.75, 3.05) is 0 Å². The van der Waals surface area contributed by atoms with Crippen molar-refractivity contribution in [3.63, 3.8) is 0 Å². The fourth-order valence-electron chi connectivity index (χ4n) is 1.61. The number of hydrogen-bond acceptors (Lipinski definition) is 3. The molecule has 6 heteroatoms. The van der Waals surface area contributed by atoms with Gasteiger partial charge >= 0.3 is 5.97 Å². The van der Waals surface area contributed by atoms with Crippen LogP contribution < -0.4 is 5.32 Å². The van der Waals surface area contributed by atoms with Crippen molar-refractivity contribution in [1.29, 1.82) is 0 Å². The Labute approximate surface area is 112 Å². The number of carbonyl (C=O) groups is 2. The second-order valence-electron chi connectivity index (χ2n) is 4.81. The van der Waals surface area contributed by atoms with Crippen LogP contribution in [0.25, 0.3) is 6.08 Å². The van der Waals surface area contributed by atoms with Gasteiger partial charge in [0, 0.05) is 24.9 Å². The molecule has 1 amide bonds. The number of aromatic nitrogens is 2. The van der Waals surface area contributed by atoms with E-state index in [4.69, 9.17) is 5.11 Å². The number of nitrogens with one attached hydrogen (secondary N) is 1. The van der Waals surface area contributed by atoms with Gasteiger partial charge in [0.2, 0.25) is 5.91 Å². The molecule has 0 fully saturated rings. The van der Waals surface area contributed by atoms with Crippen molar-refractivity contribution >= 4 is 18.0 Å². The molecule has 1 aromatic heterocycles. The van der Waals surface area contributed by atoms with E-state index in [2.05, 4.69) is 10.4 Å². The molecule has 0 aliphatic carbocycles. The molecule has 2 N–H and O–H groups in total. The summed E-state index contributed by atoms with van der Waals surface area (Å²) in [4.78, 5) is 22.6. The lowest BCUT2D eigenvalue weighted by atomic mass is 10.0. The molecule has 104 valence electrons. The molecule has 0 radical (unpaired) electrons. The Morgan fingerprint density at radius 3 is 2.68 bits per heavy atom. The van der Waals surface area contributed by atoms with E-state index in [1.807, 2.05) is 13.8 Å². The van der Waals surface area contributed by atoms with Gasteiger partial charge in [0.05, 0.1) is 6.20 Å². The number of aliphatic carboxylic acids is 1. The van der Waals surface area contributed by atoms with E-state index in [0.29, 0.717) is 6.42 Å². The van der Waals surface area contributed by atoms with Gasteiger partial charge in [-0.05, 0) is 18.4 Å². The highest BCUT2D eigenvalue weighted by Gasteiger charge is 2.19. The summed E-state index contributed by atoms with van der Waals surface area (Å²) in [5.41, 5.74) is 0.786. The summed E-state index contributed by atoms with van der Waals surface area (Å²) < 4.78 is 1.62. The molecular weight excluding hydrogens is 246 g/mol. The lowest BCUT2D eigenvalue weighted by Crippen LogP contribution is -2.40. The van der Waals surface area contributed by atoms with Gasteiger partial charge in [-0.2, -0.15) is 5.10 Å². The minimum atomic E-state index is -1.02. The maximum absolute atomic E-state index is 11.6. The normalized spacial score (nSPS) is 12.8. The Hall–Kier alpha value is -2.11. The highest BCUT2D eigenvalue weighted by atomic mass is 16.4. The molecule has 1 heterocycles. The van der Waals surface area contributed by atoms with Gasteiger partial charge in [0.1, 0.15) is 6.04 Å². The van der Waals surface area contributed by atoms with Crippen molar-refractivity contribution in [3.8, 4) is 0 Å². The molecule has 0 aromatic carbocycles. The van der Waals surface area contributed by atoms with Crippen molar-refractivity contribution in [1.82, 2.24) is 15.1 Å². The Morgan fingerprint density at radius 2 is 2.21 bits per heavy atom. The molecule has 0 unspecified atom stereocenters. The number of rotatable bonds is 6. The lowest BCUT2D eigenvalue weighted by molar-refractivity contribution is -0.141. The number of amides is 1. The summed E-state index contributed by atoms with van der Waals surface area (Å²) in [5.74, 6) is -1.24. The molecule has 6 nitrogen and oxygen atoms in total. The van der Waals surface area contributed by atoms with Crippen LogP contribution in [-0.2, 0) is 16.6 Å². The summed E-state index contributed by atoms with van der Waals surface area (Å²) in [6.07, 6.45) is 6.69. The predicted octanol–water partition coefficient (Wildman–Crippen LogP) is 1.05. The first-order valence-corrected chi connectivity index (χ1v) is 6.08. The summed E-state index contributed by atoms with van der Waals surface area (Å²) in [6, 6.07) is -0.856. The third-order valence-electron chi connectivity index (χ3n) is 2.47. The molecule has 1 rings (SSSR count). The highest BCUT2D eigenvalue weighted by molar-refractivity contribution is 5.94. The average Bonchev–Trinajstić information content (AvgIpc) is 2.71. The smallest absolute Gasteiger partial charge is 0.326 e. The maximum atomic E-state index is 11.6. The van der Waals surface area contributed by atoms with E-state index in [-0.39, 0.29) is 5.92 Å². The van der Waals surface area contributed by atoms with Gasteiger partial charge in [0.25, 0.3) is 0 Å². The minimum Gasteiger partial charge on any atom is -0.480 e. The molecule has 0 saturated carbocycles. The zero-order chi connectivity index (χ0) is 14.4. The fourth-order valence-corrected chi connectivity index (χ4v) is 1.61. The zero-order valence-electron chi connectivity index (χ0n) is 11.3. The summed E-state index contributed by atoms with van der Waals surface area (Å²) in [7, 11) is 1.78. The number of aryl methyl sites for hydroxylation is 1. The first-order valence-electron chi connectivity index (χ1n) is 6.08. The van der Waals surface area contributed by atoms with Crippen molar-refractivity contribution < 1.29 is 14.7 Å². The molecule has 19 heavy (non-hydrogen) atoms. The number of carboxylic acids is 1. The van der Waals surface area contributed by atoms with Gasteiger partial charge < -0.3 is 10.4 Å². The van der Waals surface area contributed by atoms with E-state index in [0.717, 1.165) is 5.56 Å². The van der Waals surface area contributed by atoms with E-state index >= 15 is 0 Å². The van der Waals surface area contributed by atoms with Gasteiger partial charge in [-0.25, -0.2) is 4.79 Å². The molecule has 0 aliphatic rings. The van der Waals surface area contributed by atoms with Gasteiger partial charge in [0.15, 0.2) is 0 Å². The monoisotopic (exact) mass is 265 g/mol. The average molecular weight is 265 g/mol. The van der Waals surface area contributed by atoms with Gasteiger partial charge in [-0.3, -0.25) is 9.48 Å². The summed E-state index contributed by atoms with van der Waals surface area (Å²) in [6.45, 7) is 3.82. The molecule has 0 spiro atoms. The van der Waals surface area contributed by atoms with Gasteiger partial charge in [-0.1, -0.05) is 13.8 Å². The Bertz CT molecular complexity index is 477.